The lowest BCUT2D eigenvalue weighted by Gasteiger charge is -2.20. The fourth-order valence-electron chi connectivity index (χ4n) is 4.86. The Morgan fingerprint density at radius 3 is 2.30 bits per heavy atom. The van der Waals surface area contributed by atoms with Gasteiger partial charge in [-0.2, -0.15) is 0 Å². The van der Waals surface area contributed by atoms with E-state index in [1.54, 1.807) is 19.6 Å². The Morgan fingerprint density at radius 2 is 1.70 bits per heavy atom. The Labute approximate surface area is 256 Å². The van der Waals surface area contributed by atoms with Gasteiger partial charge in [-0.3, -0.25) is 10.1 Å². The monoisotopic (exact) mass is 614 g/mol. The molecule has 232 valence electrons. The van der Waals surface area contributed by atoms with Gasteiger partial charge in [0.15, 0.2) is 5.13 Å². The fraction of sp³-hybridized carbons (Fsp3) is 0.424. The number of para-hydroxylation sites is 1. The highest BCUT2D eigenvalue weighted by molar-refractivity contribution is 7.14. The zero-order valence-corrected chi connectivity index (χ0v) is 26.0. The minimum atomic E-state index is -1.30. The number of nitrogens with zero attached hydrogens (tertiary/aromatic N) is 1. The summed E-state index contributed by atoms with van der Waals surface area (Å²) in [7, 11) is 3.29. The molecular weight excluding hydrogens is 574 g/mol. The number of hydrogen-bond donors (Lipinski definition) is 2. The number of carboxylic acids is 1. The normalized spacial score (nSPS) is 12.3. The van der Waals surface area contributed by atoms with Gasteiger partial charge in [-0.15, -0.1) is 11.3 Å². The van der Waals surface area contributed by atoms with E-state index in [4.69, 9.17) is 14.6 Å². The molecule has 43 heavy (non-hydrogen) atoms. The molecule has 3 rings (SSSR count). The molecule has 0 bridgehead atoms. The van der Waals surface area contributed by atoms with Gasteiger partial charge in [0, 0.05) is 40.3 Å². The molecule has 1 heterocycles. The molecular formula is C33H40F2N2O5S. The lowest BCUT2D eigenvalue weighted by atomic mass is 9.98. The molecule has 0 radical (unpaired) electrons. The summed E-state index contributed by atoms with van der Waals surface area (Å²) in [5.41, 5.74) is 1.19. The number of aliphatic carboxylic acids is 1. The van der Waals surface area contributed by atoms with Crippen LogP contribution in [0, 0.1) is 11.6 Å². The Morgan fingerprint density at radius 1 is 1.05 bits per heavy atom. The predicted molar refractivity (Wildman–Crippen MR) is 167 cm³/mol. The van der Waals surface area contributed by atoms with Gasteiger partial charge < -0.3 is 14.6 Å². The van der Waals surface area contributed by atoms with Gasteiger partial charge in [-0.05, 0) is 37.6 Å². The van der Waals surface area contributed by atoms with Crippen LogP contribution in [0.25, 0.3) is 17.3 Å². The molecule has 1 amide bonds. The number of anilines is 1. The van der Waals surface area contributed by atoms with Crippen molar-refractivity contribution in [2.75, 3.05) is 19.5 Å². The van der Waals surface area contributed by atoms with Gasteiger partial charge in [0.05, 0.1) is 18.9 Å². The predicted octanol–water partition coefficient (Wildman–Crippen LogP) is 9.06. The molecule has 0 aliphatic heterocycles. The number of thiazole rings is 1. The number of carboxylic acid groups (broad SMARTS) is 1. The van der Waals surface area contributed by atoms with Crippen LogP contribution in [0.15, 0.2) is 41.3 Å². The highest BCUT2D eigenvalue weighted by Gasteiger charge is 2.21. The van der Waals surface area contributed by atoms with E-state index >= 15 is 0 Å². The molecule has 0 spiro atoms. The number of rotatable bonds is 17. The van der Waals surface area contributed by atoms with E-state index in [9.17, 15) is 18.4 Å². The van der Waals surface area contributed by atoms with Crippen molar-refractivity contribution in [1.29, 1.82) is 0 Å². The van der Waals surface area contributed by atoms with Gasteiger partial charge in [-0.1, -0.05) is 70.4 Å². The number of carbonyl (C=O) groups excluding carboxylic acids is 1. The molecule has 0 fully saturated rings. The number of hydrogen-bond acceptors (Lipinski definition) is 6. The standard InChI is InChI=1S/C33H40F2N2O5S/c1-5-6-7-8-9-10-11-12-16-29(41-3)24-15-13-14-23(30(24)42-4)28-20-43-33(36-28)37-31(38)22-18-26(34)25(27(35)19-22)17-21(2)32(39)40/h13-15,17-20,29H,5-12,16H2,1-4H3,(H,39,40)(H,36,37,38)/b21-17+. The zero-order valence-electron chi connectivity index (χ0n) is 25.2. The number of benzene rings is 2. The summed E-state index contributed by atoms with van der Waals surface area (Å²) < 4.78 is 40.8. The largest absolute Gasteiger partial charge is 0.496 e. The number of aromatic nitrogens is 1. The molecule has 0 aliphatic carbocycles. The zero-order chi connectivity index (χ0) is 31.4. The maximum Gasteiger partial charge on any atom is 0.331 e. The molecule has 2 N–H and O–H groups in total. The van der Waals surface area contributed by atoms with Crippen molar-refractivity contribution in [3.63, 3.8) is 0 Å². The number of methoxy groups -OCH3 is 2. The van der Waals surface area contributed by atoms with Crippen LogP contribution in [0.2, 0.25) is 0 Å². The number of nitrogens with one attached hydrogen (secondary N) is 1. The molecule has 0 saturated heterocycles. The van der Waals surface area contributed by atoms with Gasteiger partial charge >= 0.3 is 5.97 Å². The van der Waals surface area contributed by atoms with Crippen molar-refractivity contribution in [2.45, 2.75) is 77.7 Å². The summed E-state index contributed by atoms with van der Waals surface area (Å²) in [5, 5.41) is 13.6. The number of ether oxygens (including phenoxy) is 2. The molecule has 1 aromatic heterocycles. The topological polar surface area (TPSA) is 97.8 Å². The maximum absolute atomic E-state index is 14.6. The van der Waals surface area contributed by atoms with E-state index in [0.29, 0.717) is 11.4 Å². The summed E-state index contributed by atoms with van der Waals surface area (Å²) in [6.07, 6.45) is 11.4. The van der Waals surface area contributed by atoms with Crippen molar-refractivity contribution >= 4 is 34.4 Å². The third-order valence-electron chi connectivity index (χ3n) is 7.24. The Bertz CT molecular complexity index is 1400. The van der Waals surface area contributed by atoms with Crippen LogP contribution in [0.1, 0.15) is 99.2 Å². The van der Waals surface area contributed by atoms with E-state index in [-0.39, 0.29) is 22.4 Å². The summed E-state index contributed by atoms with van der Waals surface area (Å²) in [5.74, 6) is -3.52. The SMILES string of the molecule is CCCCCCCCCCC(OC)c1cccc(-c2csc(NC(=O)c3cc(F)c(/C=C(\C)C(=O)O)c(F)c3)n2)c1OC. The quantitative estimate of drug-likeness (QED) is 0.116. The third-order valence-corrected chi connectivity index (χ3v) is 8.00. The molecule has 1 unspecified atom stereocenters. The average molecular weight is 615 g/mol. The minimum absolute atomic E-state index is 0.144. The van der Waals surface area contributed by atoms with Crippen molar-refractivity contribution in [1.82, 2.24) is 4.98 Å². The highest BCUT2D eigenvalue weighted by atomic mass is 32.1. The average Bonchev–Trinajstić information content (AvgIpc) is 3.45. The van der Waals surface area contributed by atoms with Crippen LogP contribution in [0.3, 0.4) is 0 Å². The van der Waals surface area contributed by atoms with Gasteiger partial charge in [0.25, 0.3) is 5.91 Å². The summed E-state index contributed by atoms with van der Waals surface area (Å²) in [4.78, 5) is 28.3. The third kappa shape index (κ3) is 9.43. The van der Waals surface area contributed by atoms with Crippen LogP contribution in [0.5, 0.6) is 5.75 Å². The Kier molecular flexibility index (Phi) is 13.3. The van der Waals surface area contributed by atoms with Crippen molar-refractivity contribution in [3.05, 3.63) is 69.6 Å². The minimum Gasteiger partial charge on any atom is -0.496 e. The highest BCUT2D eigenvalue weighted by Crippen LogP contribution is 2.39. The molecule has 0 saturated carbocycles. The van der Waals surface area contributed by atoms with Gasteiger partial charge in [0.1, 0.15) is 17.4 Å². The maximum atomic E-state index is 14.6. The first-order valence-corrected chi connectivity index (χ1v) is 15.5. The van der Waals surface area contributed by atoms with E-state index in [1.165, 1.54) is 45.4 Å². The van der Waals surface area contributed by atoms with E-state index in [1.807, 2.05) is 18.2 Å². The Hall–Kier alpha value is -3.63. The smallest absolute Gasteiger partial charge is 0.331 e. The molecule has 0 aliphatic rings. The van der Waals surface area contributed by atoms with Crippen LogP contribution >= 0.6 is 11.3 Å². The summed E-state index contributed by atoms with van der Waals surface area (Å²) in [6, 6.07) is 7.49. The lowest BCUT2D eigenvalue weighted by Crippen LogP contribution is -2.13. The van der Waals surface area contributed by atoms with Crippen LogP contribution < -0.4 is 10.1 Å². The van der Waals surface area contributed by atoms with Gasteiger partial charge in [-0.25, -0.2) is 18.6 Å². The van der Waals surface area contributed by atoms with Crippen molar-refractivity contribution in [3.8, 4) is 17.0 Å². The van der Waals surface area contributed by atoms with Crippen LogP contribution in [0.4, 0.5) is 13.9 Å². The van der Waals surface area contributed by atoms with Crippen LogP contribution in [-0.4, -0.2) is 36.2 Å². The second kappa shape index (κ2) is 16.9. The summed E-state index contributed by atoms with van der Waals surface area (Å²) >= 11 is 1.16. The van der Waals surface area contributed by atoms with Crippen molar-refractivity contribution in [2.24, 2.45) is 0 Å². The second-order valence-corrected chi connectivity index (χ2v) is 11.3. The fourth-order valence-corrected chi connectivity index (χ4v) is 5.56. The Balaban J connectivity index is 1.71. The number of unbranched alkanes of at least 4 members (excludes halogenated alkanes) is 7. The second-order valence-electron chi connectivity index (χ2n) is 10.4. The number of amides is 1. The number of halogens is 2. The first-order chi connectivity index (χ1) is 20.7. The van der Waals surface area contributed by atoms with E-state index in [0.717, 1.165) is 59.9 Å². The van der Waals surface area contributed by atoms with Crippen molar-refractivity contribution < 1.29 is 33.0 Å². The van der Waals surface area contributed by atoms with E-state index in [2.05, 4.69) is 17.2 Å². The first kappa shape index (κ1) is 33.9. The first-order valence-electron chi connectivity index (χ1n) is 14.6. The molecule has 10 heteroatoms. The summed E-state index contributed by atoms with van der Waals surface area (Å²) in [6.45, 7) is 3.44. The molecule has 2 aromatic carbocycles. The van der Waals surface area contributed by atoms with Crippen LogP contribution in [-0.2, 0) is 9.53 Å². The lowest BCUT2D eigenvalue weighted by molar-refractivity contribution is -0.132. The van der Waals surface area contributed by atoms with E-state index < -0.39 is 29.1 Å². The number of carbonyl (C=O) groups is 2. The molecule has 7 nitrogen and oxygen atoms in total. The molecule has 1 atom stereocenters. The van der Waals surface area contributed by atoms with Gasteiger partial charge in [0.2, 0.25) is 0 Å². The molecule has 3 aromatic rings.